The number of alkyl halides is 3. The number of halogens is 3. The summed E-state index contributed by atoms with van der Waals surface area (Å²) in [7, 11) is 0. The number of rotatable bonds is 5. The van der Waals surface area contributed by atoms with Crippen molar-refractivity contribution < 1.29 is 22.3 Å². The molecule has 0 aliphatic carbocycles. The second kappa shape index (κ2) is 5.85. The van der Waals surface area contributed by atoms with Crippen LogP contribution in [0.5, 0.6) is 0 Å². The van der Waals surface area contributed by atoms with Gasteiger partial charge in [0.25, 0.3) is 0 Å². The first-order valence-corrected chi connectivity index (χ1v) is 6.29. The van der Waals surface area contributed by atoms with Crippen molar-refractivity contribution in [1.29, 1.82) is 0 Å². The van der Waals surface area contributed by atoms with Crippen molar-refractivity contribution in [3.05, 3.63) is 47.7 Å². The molecule has 0 saturated heterocycles. The maximum absolute atomic E-state index is 12.4. The summed E-state index contributed by atoms with van der Waals surface area (Å²) in [5, 5.41) is 7.44. The standard InChI is InChI=1S/C14H15F3N2O2/c1-13(2,12-19-18-9-21-12)8-20-7-10-3-5-11(6-4-10)14(15,16)17/h3-6,9H,7-8H2,1-2H3. The molecule has 0 spiro atoms. The van der Waals surface area contributed by atoms with Gasteiger partial charge in [0.05, 0.1) is 24.2 Å². The Balaban J connectivity index is 1.89. The van der Waals surface area contributed by atoms with Gasteiger partial charge in [0, 0.05) is 0 Å². The molecule has 0 amide bonds. The SMILES string of the molecule is CC(C)(COCc1ccc(C(F)(F)F)cc1)c1nnco1. The summed E-state index contributed by atoms with van der Waals surface area (Å²) >= 11 is 0. The van der Waals surface area contributed by atoms with E-state index in [1.807, 2.05) is 13.8 Å². The Kier molecular flexibility index (Phi) is 4.32. The molecule has 0 radical (unpaired) electrons. The molecule has 7 heteroatoms. The van der Waals surface area contributed by atoms with E-state index < -0.39 is 17.2 Å². The van der Waals surface area contributed by atoms with E-state index in [0.717, 1.165) is 12.1 Å². The van der Waals surface area contributed by atoms with Crippen LogP contribution in [0.3, 0.4) is 0 Å². The minimum Gasteiger partial charge on any atom is -0.427 e. The van der Waals surface area contributed by atoms with Crippen molar-refractivity contribution in [2.24, 2.45) is 0 Å². The smallest absolute Gasteiger partial charge is 0.416 e. The topological polar surface area (TPSA) is 48.2 Å². The van der Waals surface area contributed by atoms with E-state index in [1.54, 1.807) is 0 Å². The highest BCUT2D eigenvalue weighted by Gasteiger charge is 2.30. The molecule has 1 aromatic carbocycles. The third kappa shape index (κ3) is 4.04. The fourth-order valence-corrected chi connectivity index (χ4v) is 1.74. The van der Waals surface area contributed by atoms with Gasteiger partial charge in [-0.15, -0.1) is 10.2 Å². The van der Waals surface area contributed by atoms with Crippen LogP contribution < -0.4 is 0 Å². The minimum atomic E-state index is -4.32. The zero-order valence-corrected chi connectivity index (χ0v) is 11.6. The molecule has 0 aliphatic rings. The number of benzene rings is 1. The molecule has 2 rings (SSSR count). The molecule has 0 N–H and O–H groups in total. The Hall–Kier alpha value is -1.89. The van der Waals surface area contributed by atoms with E-state index >= 15 is 0 Å². The van der Waals surface area contributed by atoms with Crippen molar-refractivity contribution in [3.63, 3.8) is 0 Å². The van der Waals surface area contributed by atoms with Gasteiger partial charge < -0.3 is 9.15 Å². The van der Waals surface area contributed by atoms with Crippen molar-refractivity contribution in [2.45, 2.75) is 32.0 Å². The number of aromatic nitrogens is 2. The third-order valence-electron chi connectivity index (χ3n) is 2.95. The number of ether oxygens (including phenoxy) is 1. The Morgan fingerprint density at radius 2 is 1.81 bits per heavy atom. The van der Waals surface area contributed by atoms with Gasteiger partial charge in [-0.3, -0.25) is 0 Å². The average molecular weight is 300 g/mol. The molecule has 0 fully saturated rings. The summed E-state index contributed by atoms with van der Waals surface area (Å²) in [4.78, 5) is 0. The van der Waals surface area contributed by atoms with Crippen molar-refractivity contribution in [2.75, 3.05) is 6.61 Å². The van der Waals surface area contributed by atoms with Crippen molar-refractivity contribution in [3.8, 4) is 0 Å². The molecule has 0 atom stereocenters. The summed E-state index contributed by atoms with van der Waals surface area (Å²) in [6.07, 6.45) is -3.08. The highest BCUT2D eigenvalue weighted by Crippen LogP contribution is 2.29. The van der Waals surface area contributed by atoms with Crippen LogP contribution in [0.2, 0.25) is 0 Å². The van der Waals surface area contributed by atoms with Gasteiger partial charge in [0.2, 0.25) is 12.3 Å². The third-order valence-corrected chi connectivity index (χ3v) is 2.95. The van der Waals surface area contributed by atoms with Gasteiger partial charge in [-0.25, -0.2) is 0 Å². The molecule has 4 nitrogen and oxygen atoms in total. The molecule has 1 heterocycles. The molecule has 0 bridgehead atoms. The van der Waals surface area contributed by atoms with Gasteiger partial charge in [-0.05, 0) is 31.5 Å². The monoisotopic (exact) mass is 300 g/mol. The van der Waals surface area contributed by atoms with E-state index in [2.05, 4.69) is 10.2 Å². The first-order valence-electron chi connectivity index (χ1n) is 6.29. The van der Waals surface area contributed by atoms with Crippen LogP contribution in [0.25, 0.3) is 0 Å². The van der Waals surface area contributed by atoms with Crippen molar-refractivity contribution >= 4 is 0 Å². The summed E-state index contributed by atoms with van der Waals surface area (Å²) < 4.78 is 47.9. The Bertz CT molecular complexity index is 563. The molecule has 0 saturated carbocycles. The van der Waals surface area contributed by atoms with E-state index in [9.17, 15) is 13.2 Å². The zero-order chi connectivity index (χ0) is 15.5. The summed E-state index contributed by atoms with van der Waals surface area (Å²) in [5.74, 6) is 0.454. The lowest BCUT2D eigenvalue weighted by Gasteiger charge is -2.19. The van der Waals surface area contributed by atoms with E-state index in [-0.39, 0.29) is 6.61 Å². The predicted molar refractivity (Wildman–Crippen MR) is 68.4 cm³/mol. The molecule has 1 aromatic heterocycles. The van der Waals surface area contributed by atoms with Gasteiger partial charge in [0.1, 0.15) is 0 Å². The van der Waals surface area contributed by atoms with Crippen LogP contribution in [-0.2, 0) is 22.9 Å². The van der Waals surface area contributed by atoms with Gasteiger partial charge in [0.15, 0.2) is 0 Å². The van der Waals surface area contributed by atoms with Crippen molar-refractivity contribution in [1.82, 2.24) is 10.2 Å². The molecule has 0 aliphatic heterocycles. The Morgan fingerprint density at radius 3 is 2.33 bits per heavy atom. The number of nitrogens with zero attached hydrogens (tertiary/aromatic N) is 2. The van der Waals surface area contributed by atoms with E-state index in [4.69, 9.17) is 9.15 Å². The van der Waals surface area contributed by atoms with Crippen LogP contribution in [0.4, 0.5) is 13.2 Å². The fourth-order valence-electron chi connectivity index (χ4n) is 1.74. The molecular weight excluding hydrogens is 285 g/mol. The maximum Gasteiger partial charge on any atom is 0.416 e. The van der Waals surface area contributed by atoms with Gasteiger partial charge >= 0.3 is 6.18 Å². The summed E-state index contributed by atoms with van der Waals surface area (Å²) in [5.41, 5.74) is -0.454. The fraction of sp³-hybridized carbons (Fsp3) is 0.429. The van der Waals surface area contributed by atoms with Crippen LogP contribution in [0.15, 0.2) is 35.1 Å². The normalized spacial score (nSPS) is 12.6. The number of hydrogen-bond acceptors (Lipinski definition) is 4. The largest absolute Gasteiger partial charge is 0.427 e. The maximum atomic E-state index is 12.4. The second-order valence-electron chi connectivity index (χ2n) is 5.32. The molecule has 21 heavy (non-hydrogen) atoms. The van der Waals surface area contributed by atoms with Gasteiger partial charge in [-0.1, -0.05) is 12.1 Å². The lowest BCUT2D eigenvalue weighted by molar-refractivity contribution is -0.137. The summed E-state index contributed by atoms with van der Waals surface area (Å²) in [6, 6.07) is 4.90. The molecule has 2 aromatic rings. The molecule has 114 valence electrons. The van der Waals surface area contributed by atoms with E-state index in [0.29, 0.717) is 18.1 Å². The van der Waals surface area contributed by atoms with Crippen LogP contribution in [0.1, 0.15) is 30.9 Å². The van der Waals surface area contributed by atoms with E-state index in [1.165, 1.54) is 18.5 Å². The first kappa shape index (κ1) is 15.5. The molecular formula is C14H15F3N2O2. The Labute approximate surface area is 119 Å². The highest BCUT2D eigenvalue weighted by atomic mass is 19.4. The lowest BCUT2D eigenvalue weighted by Crippen LogP contribution is -2.24. The summed E-state index contributed by atoms with van der Waals surface area (Å²) in [6.45, 7) is 4.30. The molecule has 0 unspecified atom stereocenters. The zero-order valence-electron chi connectivity index (χ0n) is 11.6. The lowest BCUT2D eigenvalue weighted by atomic mass is 9.95. The quantitative estimate of drug-likeness (QED) is 0.846. The second-order valence-corrected chi connectivity index (χ2v) is 5.32. The van der Waals surface area contributed by atoms with Gasteiger partial charge in [-0.2, -0.15) is 13.2 Å². The van der Waals surface area contributed by atoms with Crippen LogP contribution >= 0.6 is 0 Å². The minimum absolute atomic E-state index is 0.218. The predicted octanol–water partition coefficient (Wildman–Crippen LogP) is 3.58. The Morgan fingerprint density at radius 1 is 1.14 bits per heavy atom. The van der Waals surface area contributed by atoms with Crippen LogP contribution in [0, 0.1) is 0 Å². The highest BCUT2D eigenvalue weighted by molar-refractivity contribution is 5.24. The number of hydrogen-bond donors (Lipinski definition) is 0. The first-order chi connectivity index (χ1) is 9.79. The van der Waals surface area contributed by atoms with Crippen LogP contribution in [-0.4, -0.2) is 16.8 Å². The average Bonchev–Trinajstić information content (AvgIpc) is 2.92.